The topological polar surface area (TPSA) is 72.5 Å². The molecule has 2 rings (SSSR count). The van der Waals surface area contributed by atoms with Crippen LogP contribution in [-0.4, -0.2) is 38.5 Å². The minimum absolute atomic E-state index is 0.0296. The third-order valence-electron chi connectivity index (χ3n) is 3.51. The lowest BCUT2D eigenvalue weighted by Gasteiger charge is -2.12. The Balaban J connectivity index is 1.79. The lowest BCUT2D eigenvalue weighted by molar-refractivity contribution is -0.123. The predicted octanol–water partition coefficient (Wildman–Crippen LogP) is 1.49. The van der Waals surface area contributed by atoms with E-state index in [0.717, 1.165) is 0 Å². The van der Waals surface area contributed by atoms with E-state index >= 15 is 0 Å². The maximum Gasteiger partial charge on any atom is 0.258 e. The van der Waals surface area contributed by atoms with Crippen LogP contribution in [0.25, 0.3) is 0 Å². The molecule has 1 aromatic carbocycles. The van der Waals surface area contributed by atoms with Crippen molar-refractivity contribution in [2.45, 2.75) is 32.2 Å². The summed E-state index contributed by atoms with van der Waals surface area (Å²) in [6, 6.07) is 7.34. The molecule has 1 fully saturated rings. The van der Waals surface area contributed by atoms with Crippen LogP contribution < -0.4 is 10.1 Å². The van der Waals surface area contributed by atoms with E-state index in [2.05, 4.69) is 19.2 Å². The van der Waals surface area contributed by atoms with E-state index in [4.69, 9.17) is 4.74 Å². The predicted molar refractivity (Wildman–Crippen MR) is 81.2 cm³/mol. The van der Waals surface area contributed by atoms with Crippen LogP contribution in [0.2, 0.25) is 0 Å². The molecule has 1 N–H and O–H groups in total. The lowest BCUT2D eigenvalue weighted by atomic mass is 10.0. The number of nitrogens with one attached hydrogen (secondary N) is 1. The molecule has 5 nitrogen and oxygen atoms in total. The van der Waals surface area contributed by atoms with Crippen molar-refractivity contribution in [1.82, 2.24) is 5.32 Å². The van der Waals surface area contributed by atoms with Crippen LogP contribution in [0.1, 0.15) is 31.7 Å². The second-order valence-corrected chi connectivity index (χ2v) is 7.91. The molecule has 1 aliphatic rings. The smallest absolute Gasteiger partial charge is 0.258 e. The number of benzene rings is 1. The number of amides is 1. The van der Waals surface area contributed by atoms with Gasteiger partial charge in [-0.25, -0.2) is 8.42 Å². The molecule has 1 heterocycles. The largest absolute Gasteiger partial charge is 0.484 e. The highest BCUT2D eigenvalue weighted by Crippen LogP contribution is 2.18. The molecule has 6 heteroatoms. The van der Waals surface area contributed by atoms with Crippen LogP contribution in [0.15, 0.2) is 24.3 Å². The molecule has 0 aromatic heterocycles. The molecule has 21 heavy (non-hydrogen) atoms. The normalized spacial score (nSPS) is 20.4. The molecule has 0 saturated carbocycles. The number of hydrogen-bond acceptors (Lipinski definition) is 4. The SMILES string of the molecule is CC(C)c1ccc(OCC(=O)NC2CCS(=O)(=O)C2)cc1. The van der Waals surface area contributed by atoms with Gasteiger partial charge in [0.05, 0.1) is 11.5 Å². The number of rotatable bonds is 5. The van der Waals surface area contributed by atoms with E-state index < -0.39 is 9.84 Å². The summed E-state index contributed by atoms with van der Waals surface area (Å²) in [5, 5.41) is 2.69. The van der Waals surface area contributed by atoms with Gasteiger partial charge in [0.1, 0.15) is 5.75 Å². The maximum absolute atomic E-state index is 11.7. The molecule has 1 saturated heterocycles. The number of carbonyl (C=O) groups excluding carboxylic acids is 1. The molecule has 0 radical (unpaired) electrons. The molecule has 1 aliphatic heterocycles. The number of carbonyl (C=O) groups is 1. The van der Waals surface area contributed by atoms with Gasteiger partial charge in [-0.3, -0.25) is 4.79 Å². The minimum Gasteiger partial charge on any atom is -0.484 e. The van der Waals surface area contributed by atoms with Gasteiger partial charge in [0.15, 0.2) is 16.4 Å². The second-order valence-electron chi connectivity index (χ2n) is 5.68. The lowest BCUT2D eigenvalue weighted by Crippen LogP contribution is -2.38. The zero-order valence-corrected chi connectivity index (χ0v) is 13.2. The Morgan fingerprint density at radius 2 is 2.00 bits per heavy atom. The maximum atomic E-state index is 11.7. The summed E-state index contributed by atoms with van der Waals surface area (Å²) in [5.74, 6) is 0.974. The molecule has 1 aromatic rings. The van der Waals surface area contributed by atoms with Crippen LogP contribution in [0.3, 0.4) is 0 Å². The third kappa shape index (κ3) is 4.74. The van der Waals surface area contributed by atoms with Crippen LogP contribution in [0.5, 0.6) is 5.75 Å². The van der Waals surface area contributed by atoms with E-state index in [0.29, 0.717) is 18.1 Å². The highest BCUT2D eigenvalue weighted by molar-refractivity contribution is 7.91. The van der Waals surface area contributed by atoms with Crippen molar-refractivity contribution in [2.75, 3.05) is 18.1 Å². The monoisotopic (exact) mass is 311 g/mol. The van der Waals surface area contributed by atoms with Crippen LogP contribution in [0.4, 0.5) is 0 Å². The van der Waals surface area contributed by atoms with Crippen molar-refractivity contribution in [3.8, 4) is 5.75 Å². The number of hydrogen-bond donors (Lipinski definition) is 1. The third-order valence-corrected chi connectivity index (χ3v) is 5.28. The Morgan fingerprint density at radius 1 is 1.33 bits per heavy atom. The summed E-state index contributed by atoms with van der Waals surface area (Å²) in [4.78, 5) is 11.7. The van der Waals surface area contributed by atoms with E-state index in [1.807, 2.05) is 24.3 Å². The van der Waals surface area contributed by atoms with Crippen LogP contribution in [-0.2, 0) is 14.6 Å². The molecule has 1 atom stereocenters. The van der Waals surface area contributed by atoms with Crippen molar-refractivity contribution in [1.29, 1.82) is 0 Å². The van der Waals surface area contributed by atoms with Gasteiger partial charge in [-0.05, 0) is 30.0 Å². The van der Waals surface area contributed by atoms with E-state index in [-0.39, 0.29) is 30.1 Å². The van der Waals surface area contributed by atoms with Crippen molar-refractivity contribution >= 4 is 15.7 Å². The standard InChI is InChI=1S/C15H21NO4S/c1-11(2)12-3-5-14(6-4-12)20-9-15(17)16-13-7-8-21(18,19)10-13/h3-6,11,13H,7-10H2,1-2H3,(H,16,17). The Kier molecular flexibility index (Phi) is 4.88. The summed E-state index contributed by atoms with van der Waals surface area (Å²) >= 11 is 0. The first-order valence-electron chi connectivity index (χ1n) is 7.08. The molecule has 0 bridgehead atoms. The van der Waals surface area contributed by atoms with Crippen molar-refractivity contribution in [2.24, 2.45) is 0 Å². The van der Waals surface area contributed by atoms with Gasteiger partial charge < -0.3 is 10.1 Å². The molecule has 0 spiro atoms. The summed E-state index contributed by atoms with van der Waals surface area (Å²) < 4.78 is 28.0. The van der Waals surface area contributed by atoms with Gasteiger partial charge in [0.25, 0.3) is 5.91 Å². The number of sulfone groups is 1. The zero-order chi connectivity index (χ0) is 15.5. The van der Waals surface area contributed by atoms with Crippen molar-refractivity contribution < 1.29 is 17.9 Å². The Labute approximate surface area is 125 Å². The Bertz CT molecular complexity index is 593. The zero-order valence-electron chi connectivity index (χ0n) is 12.3. The Morgan fingerprint density at radius 3 is 2.52 bits per heavy atom. The highest BCUT2D eigenvalue weighted by Gasteiger charge is 2.28. The van der Waals surface area contributed by atoms with Gasteiger partial charge >= 0.3 is 0 Å². The van der Waals surface area contributed by atoms with E-state index in [1.54, 1.807) is 0 Å². The van der Waals surface area contributed by atoms with Gasteiger partial charge in [-0.2, -0.15) is 0 Å². The Hall–Kier alpha value is -1.56. The first-order valence-corrected chi connectivity index (χ1v) is 8.90. The van der Waals surface area contributed by atoms with Crippen molar-refractivity contribution in [3.05, 3.63) is 29.8 Å². The highest BCUT2D eigenvalue weighted by atomic mass is 32.2. The molecule has 0 aliphatic carbocycles. The van der Waals surface area contributed by atoms with E-state index in [9.17, 15) is 13.2 Å². The van der Waals surface area contributed by atoms with Gasteiger partial charge in [-0.1, -0.05) is 26.0 Å². The fourth-order valence-corrected chi connectivity index (χ4v) is 3.95. The van der Waals surface area contributed by atoms with E-state index in [1.165, 1.54) is 5.56 Å². The minimum atomic E-state index is -2.98. The molecule has 1 unspecified atom stereocenters. The summed E-state index contributed by atoms with van der Waals surface area (Å²) in [6.45, 7) is 4.12. The fraction of sp³-hybridized carbons (Fsp3) is 0.533. The quantitative estimate of drug-likeness (QED) is 0.894. The molecular weight excluding hydrogens is 290 g/mol. The second kappa shape index (κ2) is 6.47. The van der Waals surface area contributed by atoms with Crippen molar-refractivity contribution in [3.63, 3.8) is 0 Å². The van der Waals surface area contributed by atoms with Crippen LogP contribution >= 0.6 is 0 Å². The first-order chi connectivity index (χ1) is 9.85. The van der Waals surface area contributed by atoms with Gasteiger partial charge in [-0.15, -0.1) is 0 Å². The summed E-state index contributed by atoms with van der Waals surface area (Å²) in [7, 11) is -2.98. The molecular formula is C15H21NO4S. The number of ether oxygens (including phenoxy) is 1. The van der Waals surface area contributed by atoms with Crippen LogP contribution in [0, 0.1) is 0 Å². The average Bonchev–Trinajstić information content (AvgIpc) is 2.76. The summed E-state index contributed by atoms with van der Waals surface area (Å²) in [5.41, 5.74) is 1.21. The van der Waals surface area contributed by atoms with Gasteiger partial charge in [0, 0.05) is 6.04 Å². The average molecular weight is 311 g/mol. The molecule has 116 valence electrons. The fourth-order valence-electron chi connectivity index (χ4n) is 2.28. The van der Waals surface area contributed by atoms with Gasteiger partial charge in [0.2, 0.25) is 0 Å². The first kappa shape index (κ1) is 15.8. The molecule has 1 amide bonds. The summed E-state index contributed by atoms with van der Waals surface area (Å²) in [6.07, 6.45) is 0.483.